The lowest BCUT2D eigenvalue weighted by Crippen LogP contribution is -2.09. The Kier molecular flexibility index (Phi) is 4.72. The van der Waals surface area contributed by atoms with Crippen molar-refractivity contribution in [1.29, 1.82) is 0 Å². The van der Waals surface area contributed by atoms with Crippen molar-refractivity contribution in [2.24, 2.45) is 0 Å². The third kappa shape index (κ3) is 3.14. The average molecular weight is 264 g/mol. The fourth-order valence-electron chi connectivity index (χ4n) is 1.64. The van der Waals surface area contributed by atoms with Crippen LogP contribution in [0.2, 0.25) is 0 Å². The molecule has 4 N–H and O–H groups in total. The zero-order valence-electron chi connectivity index (χ0n) is 10.6. The first-order valence-electron chi connectivity index (χ1n) is 5.71. The highest BCUT2D eigenvalue weighted by Gasteiger charge is 2.21. The summed E-state index contributed by atoms with van der Waals surface area (Å²) in [5, 5.41) is 37.8. The summed E-state index contributed by atoms with van der Waals surface area (Å²) in [6.07, 6.45) is 1.93. The lowest BCUT2D eigenvalue weighted by atomic mass is 9.96. The number of Topliss-reactive ketones (excluding diaryl/α,β-unsaturated/α-hetero) is 1. The topological polar surface area (TPSA) is 98.0 Å². The van der Waals surface area contributed by atoms with Gasteiger partial charge < -0.3 is 20.4 Å². The van der Waals surface area contributed by atoms with Crippen molar-refractivity contribution in [3.63, 3.8) is 0 Å². The van der Waals surface area contributed by atoms with Gasteiger partial charge in [0, 0.05) is 6.07 Å². The van der Waals surface area contributed by atoms with Crippen LogP contribution >= 0.6 is 0 Å². The fraction of sp³-hybridized carbons (Fsp3) is 0.214. The fourth-order valence-corrected chi connectivity index (χ4v) is 1.64. The number of ketones is 1. The van der Waals surface area contributed by atoms with Crippen LogP contribution < -0.4 is 0 Å². The Morgan fingerprint density at radius 1 is 1.37 bits per heavy atom. The van der Waals surface area contributed by atoms with E-state index in [1.807, 2.05) is 0 Å². The number of aliphatic hydroxyl groups is 2. The van der Waals surface area contributed by atoms with Crippen LogP contribution in [0.25, 0.3) is 0 Å². The Bertz CT molecular complexity index is 543. The highest BCUT2D eigenvalue weighted by Crippen LogP contribution is 2.30. The summed E-state index contributed by atoms with van der Waals surface area (Å²) >= 11 is 0. The third-order valence-electron chi connectivity index (χ3n) is 2.56. The maximum absolute atomic E-state index is 12.1. The smallest absolute Gasteiger partial charge is 0.200 e. The first kappa shape index (κ1) is 14.8. The van der Waals surface area contributed by atoms with Crippen molar-refractivity contribution in [1.82, 2.24) is 0 Å². The van der Waals surface area contributed by atoms with E-state index in [1.54, 1.807) is 6.92 Å². The van der Waals surface area contributed by atoms with E-state index in [9.17, 15) is 20.1 Å². The Balaban J connectivity index is 3.27. The van der Waals surface area contributed by atoms with Gasteiger partial charge in [0.15, 0.2) is 5.78 Å². The predicted octanol–water partition coefficient (Wildman–Crippen LogP) is 2.18. The third-order valence-corrected chi connectivity index (χ3v) is 2.56. The lowest BCUT2D eigenvalue weighted by molar-refractivity contribution is 0.102. The molecule has 5 heteroatoms. The molecule has 0 bridgehead atoms. The SMILES string of the molecule is C=C(C(=O)c1c(O)cc(O)cc1CO)/C(O)=C\CC. The summed E-state index contributed by atoms with van der Waals surface area (Å²) in [7, 11) is 0. The number of allylic oxidation sites excluding steroid dienone is 2. The normalized spacial score (nSPS) is 11.4. The molecule has 0 aromatic heterocycles. The summed E-state index contributed by atoms with van der Waals surface area (Å²) in [5.74, 6) is -1.72. The van der Waals surface area contributed by atoms with E-state index in [0.29, 0.717) is 6.42 Å². The molecule has 0 radical (unpaired) electrons. The summed E-state index contributed by atoms with van der Waals surface area (Å²) in [6, 6.07) is 2.15. The van der Waals surface area contributed by atoms with Gasteiger partial charge in [0.1, 0.15) is 17.3 Å². The number of benzene rings is 1. The molecule has 0 saturated heterocycles. The second kappa shape index (κ2) is 6.06. The molecule has 1 aromatic carbocycles. The van der Waals surface area contributed by atoms with Crippen LogP contribution in [0.15, 0.2) is 36.1 Å². The van der Waals surface area contributed by atoms with Crippen LogP contribution in [0.5, 0.6) is 11.5 Å². The molecule has 0 aliphatic heterocycles. The van der Waals surface area contributed by atoms with Gasteiger partial charge in [-0.05, 0) is 24.1 Å². The highest BCUT2D eigenvalue weighted by atomic mass is 16.3. The van der Waals surface area contributed by atoms with Gasteiger partial charge >= 0.3 is 0 Å². The average Bonchev–Trinajstić information content (AvgIpc) is 2.36. The number of rotatable bonds is 5. The van der Waals surface area contributed by atoms with Gasteiger partial charge in [0.2, 0.25) is 0 Å². The molecule has 0 aliphatic carbocycles. The van der Waals surface area contributed by atoms with E-state index in [1.165, 1.54) is 12.1 Å². The molecule has 0 fully saturated rings. The van der Waals surface area contributed by atoms with Crippen molar-refractivity contribution in [3.05, 3.63) is 47.2 Å². The van der Waals surface area contributed by atoms with Crippen molar-refractivity contribution in [3.8, 4) is 11.5 Å². The van der Waals surface area contributed by atoms with Crippen molar-refractivity contribution >= 4 is 5.78 Å². The first-order chi connectivity index (χ1) is 8.92. The predicted molar refractivity (Wildman–Crippen MR) is 70.2 cm³/mol. The van der Waals surface area contributed by atoms with Crippen molar-refractivity contribution in [2.45, 2.75) is 20.0 Å². The van der Waals surface area contributed by atoms with Gasteiger partial charge in [0.25, 0.3) is 0 Å². The van der Waals surface area contributed by atoms with Crippen LogP contribution in [-0.4, -0.2) is 26.2 Å². The van der Waals surface area contributed by atoms with E-state index in [4.69, 9.17) is 5.11 Å². The Hall–Kier alpha value is -2.27. The number of hydrogen-bond donors (Lipinski definition) is 4. The number of carbonyl (C=O) groups excluding carboxylic acids is 1. The van der Waals surface area contributed by atoms with E-state index in [-0.39, 0.29) is 28.2 Å². The molecule has 0 amide bonds. The second-order valence-electron chi connectivity index (χ2n) is 3.96. The quantitative estimate of drug-likeness (QED) is 0.283. The molecule has 0 heterocycles. The molecule has 5 nitrogen and oxygen atoms in total. The molecular formula is C14H16O5. The minimum absolute atomic E-state index is 0.0629. The summed E-state index contributed by atoms with van der Waals surface area (Å²) in [6.45, 7) is 4.72. The van der Waals surface area contributed by atoms with Crippen LogP contribution in [0.4, 0.5) is 0 Å². The zero-order valence-corrected chi connectivity index (χ0v) is 10.6. The van der Waals surface area contributed by atoms with E-state index in [2.05, 4.69) is 6.58 Å². The molecule has 102 valence electrons. The Labute approximate surface area is 110 Å². The Morgan fingerprint density at radius 3 is 2.53 bits per heavy atom. The maximum Gasteiger partial charge on any atom is 0.200 e. The molecule has 19 heavy (non-hydrogen) atoms. The minimum Gasteiger partial charge on any atom is -0.508 e. The van der Waals surface area contributed by atoms with Gasteiger partial charge in [-0.2, -0.15) is 0 Å². The zero-order chi connectivity index (χ0) is 14.6. The largest absolute Gasteiger partial charge is 0.508 e. The van der Waals surface area contributed by atoms with Gasteiger partial charge in [-0.25, -0.2) is 0 Å². The number of aliphatic hydroxyl groups excluding tert-OH is 2. The first-order valence-corrected chi connectivity index (χ1v) is 5.71. The van der Waals surface area contributed by atoms with Crippen LogP contribution in [-0.2, 0) is 6.61 Å². The molecule has 1 aromatic rings. The Morgan fingerprint density at radius 2 is 2.00 bits per heavy atom. The number of phenolic OH excluding ortho intramolecular Hbond substituents is 2. The van der Waals surface area contributed by atoms with Crippen molar-refractivity contribution in [2.75, 3.05) is 0 Å². The summed E-state index contributed by atoms with van der Waals surface area (Å²) < 4.78 is 0. The lowest BCUT2D eigenvalue weighted by Gasteiger charge is -2.11. The van der Waals surface area contributed by atoms with E-state index >= 15 is 0 Å². The standard InChI is InChI=1S/C14H16O5/c1-3-4-11(17)8(2)14(19)13-9(7-15)5-10(16)6-12(13)18/h4-6,15-18H,2-3,7H2,1H3/b11-4+. The summed E-state index contributed by atoms with van der Waals surface area (Å²) in [4.78, 5) is 12.1. The van der Waals surface area contributed by atoms with E-state index < -0.39 is 18.1 Å². The van der Waals surface area contributed by atoms with Gasteiger partial charge in [-0.15, -0.1) is 0 Å². The maximum atomic E-state index is 12.1. The van der Waals surface area contributed by atoms with Gasteiger partial charge in [-0.1, -0.05) is 13.5 Å². The van der Waals surface area contributed by atoms with Gasteiger partial charge in [0.05, 0.1) is 17.7 Å². The monoisotopic (exact) mass is 264 g/mol. The molecule has 1 rings (SSSR count). The van der Waals surface area contributed by atoms with Gasteiger partial charge in [-0.3, -0.25) is 4.79 Å². The van der Waals surface area contributed by atoms with E-state index in [0.717, 1.165) is 6.07 Å². The number of carbonyl (C=O) groups is 1. The number of aromatic hydroxyl groups is 2. The minimum atomic E-state index is -0.705. The molecular weight excluding hydrogens is 248 g/mol. The highest BCUT2D eigenvalue weighted by molar-refractivity contribution is 6.13. The second-order valence-corrected chi connectivity index (χ2v) is 3.96. The number of hydrogen-bond acceptors (Lipinski definition) is 5. The molecule has 0 unspecified atom stereocenters. The number of phenols is 2. The van der Waals surface area contributed by atoms with Crippen LogP contribution in [0, 0.1) is 0 Å². The molecule has 0 saturated carbocycles. The molecule has 0 aliphatic rings. The molecule has 0 atom stereocenters. The van der Waals surface area contributed by atoms with Crippen LogP contribution in [0.3, 0.4) is 0 Å². The van der Waals surface area contributed by atoms with Crippen molar-refractivity contribution < 1.29 is 25.2 Å². The van der Waals surface area contributed by atoms with Crippen LogP contribution in [0.1, 0.15) is 29.3 Å². The molecule has 0 spiro atoms. The summed E-state index contributed by atoms with van der Waals surface area (Å²) in [5.41, 5.74) is -0.299.